The Hall–Kier alpha value is -3.22. The zero-order valence-electron chi connectivity index (χ0n) is 15.3. The van der Waals surface area contributed by atoms with Crippen molar-refractivity contribution in [1.82, 2.24) is 0 Å². The molecule has 0 saturated carbocycles. The average Bonchev–Trinajstić information content (AvgIpc) is 2.68. The quantitative estimate of drug-likeness (QED) is 0.472. The van der Waals surface area contributed by atoms with Crippen LogP contribution >= 0.6 is 23.2 Å². The van der Waals surface area contributed by atoms with Crippen molar-refractivity contribution in [2.45, 2.75) is 0 Å². The molecule has 0 aromatic heterocycles. The second kappa shape index (κ2) is 9.32. The van der Waals surface area contributed by atoms with Gasteiger partial charge in [-0.25, -0.2) is 4.79 Å². The molecule has 0 heterocycles. The first kappa shape index (κ1) is 20.5. The Morgan fingerprint density at radius 2 is 1.31 bits per heavy atom. The summed E-state index contributed by atoms with van der Waals surface area (Å²) < 4.78 is 5.08. The first-order valence-electron chi connectivity index (χ1n) is 8.54. The highest BCUT2D eigenvalue weighted by Crippen LogP contribution is 2.34. The van der Waals surface area contributed by atoms with Crippen molar-refractivity contribution in [1.29, 1.82) is 0 Å². The summed E-state index contributed by atoms with van der Waals surface area (Å²) in [6.07, 6.45) is 0. The predicted octanol–water partition coefficient (Wildman–Crippen LogP) is 5.90. The molecule has 0 atom stereocenters. The van der Waals surface area contributed by atoms with Crippen LogP contribution in [0.4, 0.5) is 21.9 Å². The third-order valence-electron chi connectivity index (χ3n) is 3.87. The van der Waals surface area contributed by atoms with Crippen molar-refractivity contribution in [3.05, 3.63) is 82.3 Å². The molecule has 8 heteroatoms. The smallest absolute Gasteiger partial charge is 0.323 e. The number of para-hydroxylation sites is 1. The van der Waals surface area contributed by atoms with Gasteiger partial charge in [-0.05, 0) is 42.5 Å². The van der Waals surface area contributed by atoms with Gasteiger partial charge in [0.05, 0.1) is 17.2 Å². The molecule has 0 saturated heterocycles. The number of benzene rings is 3. The van der Waals surface area contributed by atoms with Crippen LogP contribution in [0.25, 0.3) is 0 Å². The van der Waals surface area contributed by atoms with Crippen molar-refractivity contribution in [2.75, 3.05) is 23.1 Å². The molecule has 3 amide bonds. The van der Waals surface area contributed by atoms with E-state index in [1.165, 1.54) is 19.2 Å². The molecule has 0 aliphatic carbocycles. The molecule has 0 radical (unpaired) electrons. The minimum absolute atomic E-state index is 0.234. The van der Waals surface area contributed by atoms with Crippen LogP contribution in [-0.4, -0.2) is 19.0 Å². The Balaban J connectivity index is 1.68. The summed E-state index contributed by atoms with van der Waals surface area (Å²) in [5.41, 5.74) is 1.96. The fourth-order valence-electron chi connectivity index (χ4n) is 2.58. The van der Waals surface area contributed by atoms with E-state index in [-0.39, 0.29) is 15.6 Å². The molecule has 0 spiro atoms. The SMILES string of the molecule is COc1c(Cl)cc(C(=O)Nc2cccc(NC(=O)Nc3ccccc3)c2)cc1Cl. The summed E-state index contributed by atoms with van der Waals surface area (Å²) in [5.74, 6) is -0.0946. The van der Waals surface area contributed by atoms with Crippen LogP contribution < -0.4 is 20.7 Å². The number of methoxy groups -OCH3 is 1. The highest BCUT2D eigenvalue weighted by molar-refractivity contribution is 6.37. The number of rotatable bonds is 5. The van der Waals surface area contributed by atoms with E-state index in [1.807, 2.05) is 18.2 Å². The van der Waals surface area contributed by atoms with E-state index in [4.69, 9.17) is 27.9 Å². The second-order valence-electron chi connectivity index (χ2n) is 5.95. The zero-order valence-corrected chi connectivity index (χ0v) is 16.8. The van der Waals surface area contributed by atoms with Gasteiger partial charge >= 0.3 is 6.03 Å². The van der Waals surface area contributed by atoms with E-state index in [0.29, 0.717) is 22.8 Å². The molecule has 0 aliphatic heterocycles. The fraction of sp³-hybridized carbons (Fsp3) is 0.0476. The van der Waals surface area contributed by atoms with Crippen molar-refractivity contribution >= 4 is 52.2 Å². The van der Waals surface area contributed by atoms with Crippen LogP contribution in [0.3, 0.4) is 0 Å². The molecule has 3 N–H and O–H groups in total. The summed E-state index contributed by atoms with van der Waals surface area (Å²) >= 11 is 12.2. The molecule has 0 bridgehead atoms. The molecule has 0 unspecified atom stereocenters. The molecule has 3 aromatic carbocycles. The lowest BCUT2D eigenvalue weighted by Crippen LogP contribution is -2.19. The number of nitrogens with one attached hydrogen (secondary N) is 3. The van der Waals surface area contributed by atoms with Crippen LogP contribution in [0.15, 0.2) is 66.7 Å². The van der Waals surface area contributed by atoms with Crippen LogP contribution in [0.2, 0.25) is 10.0 Å². The molecule has 0 aliphatic rings. The van der Waals surface area contributed by atoms with Crippen LogP contribution in [0.5, 0.6) is 5.75 Å². The number of hydrogen-bond acceptors (Lipinski definition) is 3. The van der Waals surface area contributed by atoms with E-state index >= 15 is 0 Å². The van der Waals surface area contributed by atoms with E-state index in [1.54, 1.807) is 36.4 Å². The lowest BCUT2D eigenvalue weighted by Gasteiger charge is -2.11. The lowest BCUT2D eigenvalue weighted by atomic mass is 10.2. The summed E-state index contributed by atoms with van der Waals surface area (Å²) in [4.78, 5) is 24.6. The maximum atomic E-state index is 12.5. The van der Waals surface area contributed by atoms with Crippen molar-refractivity contribution in [2.24, 2.45) is 0 Å². The summed E-state index contributed by atoms with van der Waals surface area (Å²) in [6, 6.07) is 18.4. The second-order valence-corrected chi connectivity index (χ2v) is 6.77. The minimum atomic E-state index is -0.401. The number of amides is 3. The first-order valence-corrected chi connectivity index (χ1v) is 9.29. The van der Waals surface area contributed by atoms with E-state index in [0.717, 1.165) is 0 Å². The van der Waals surface area contributed by atoms with Gasteiger partial charge in [0, 0.05) is 22.6 Å². The first-order chi connectivity index (χ1) is 14.0. The maximum Gasteiger partial charge on any atom is 0.323 e. The zero-order chi connectivity index (χ0) is 20.8. The fourth-order valence-corrected chi connectivity index (χ4v) is 3.22. The minimum Gasteiger partial charge on any atom is -0.494 e. The highest BCUT2D eigenvalue weighted by atomic mass is 35.5. The number of carbonyl (C=O) groups excluding carboxylic acids is 2. The Kier molecular flexibility index (Phi) is 6.59. The standard InChI is InChI=1S/C21H17Cl2N3O3/c1-29-19-17(22)10-13(11-18(19)23)20(27)24-15-8-5-9-16(12-15)26-21(28)25-14-6-3-2-4-7-14/h2-12H,1H3,(H,24,27)(H2,25,26,28). The number of hydrogen-bond donors (Lipinski definition) is 3. The van der Waals surface area contributed by atoms with Gasteiger partial charge in [-0.2, -0.15) is 0 Å². The molecule has 29 heavy (non-hydrogen) atoms. The Bertz CT molecular complexity index is 1020. The number of halogens is 2. The van der Waals surface area contributed by atoms with Crippen LogP contribution in [-0.2, 0) is 0 Å². The van der Waals surface area contributed by atoms with Gasteiger partial charge in [-0.3, -0.25) is 4.79 Å². The maximum absolute atomic E-state index is 12.5. The topological polar surface area (TPSA) is 79.5 Å². The van der Waals surface area contributed by atoms with E-state index in [9.17, 15) is 9.59 Å². The monoisotopic (exact) mass is 429 g/mol. The number of carbonyl (C=O) groups is 2. The Labute approximate surface area is 177 Å². The average molecular weight is 430 g/mol. The lowest BCUT2D eigenvalue weighted by molar-refractivity contribution is 0.102. The summed E-state index contributed by atoms with van der Waals surface area (Å²) in [6.45, 7) is 0. The van der Waals surface area contributed by atoms with Crippen molar-refractivity contribution in [3.63, 3.8) is 0 Å². The van der Waals surface area contributed by atoms with Gasteiger partial charge in [0.2, 0.25) is 0 Å². The number of urea groups is 1. The van der Waals surface area contributed by atoms with Gasteiger partial charge in [-0.15, -0.1) is 0 Å². The number of ether oxygens (including phenoxy) is 1. The van der Waals surface area contributed by atoms with Crippen LogP contribution in [0.1, 0.15) is 10.4 Å². The van der Waals surface area contributed by atoms with Gasteiger partial charge in [-0.1, -0.05) is 47.5 Å². The van der Waals surface area contributed by atoms with Gasteiger partial charge < -0.3 is 20.7 Å². The summed E-state index contributed by atoms with van der Waals surface area (Å²) in [7, 11) is 1.44. The van der Waals surface area contributed by atoms with Crippen molar-refractivity contribution < 1.29 is 14.3 Å². The Morgan fingerprint density at radius 3 is 1.93 bits per heavy atom. The third-order valence-corrected chi connectivity index (χ3v) is 4.44. The molecule has 148 valence electrons. The molecular weight excluding hydrogens is 413 g/mol. The number of anilines is 3. The molecule has 6 nitrogen and oxygen atoms in total. The van der Waals surface area contributed by atoms with E-state index < -0.39 is 11.9 Å². The molecule has 3 rings (SSSR count). The largest absolute Gasteiger partial charge is 0.494 e. The summed E-state index contributed by atoms with van der Waals surface area (Å²) in [5, 5.41) is 8.65. The van der Waals surface area contributed by atoms with Gasteiger partial charge in [0.15, 0.2) is 5.75 Å². The van der Waals surface area contributed by atoms with E-state index in [2.05, 4.69) is 16.0 Å². The molecule has 0 fully saturated rings. The predicted molar refractivity (Wildman–Crippen MR) is 116 cm³/mol. The Morgan fingerprint density at radius 1 is 0.759 bits per heavy atom. The normalized spacial score (nSPS) is 10.2. The van der Waals surface area contributed by atoms with Crippen molar-refractivity contribution in [3.8, 4) is 5.75 Å². The molecular formula is C21H17Cl2N3O3. The van der Waals surface area contributed by atoms with Crippen LogP contribution in [0, 0.1) is 0 Å². The van der Waals surface area contributed by atoms with Gasteiger partial charge in [0.25, 0.3) is 5.91 Å². The molecule has 3 aromatic rings. The highest BCUT2D eigenvalue weighted by Gasteiger charge is 2.14. The third kappa shape index (κ3) is 5.40. The van der Waals surface area contributed by atoms with Gasteiger partial charge in [0.1, 0.15) is 0 Å².